The van der Waals surface area contributed by atoms with E-state index in [1.54, 1.807) is 7.11 Å². The van der Waals surface area contributed by atoms with Crippen molar-refractivity contribution in [1.29, 1.82) is 0 Å². The molecule has 0 aromatic rings. The van der Waals surface area contributed by atoms with Gasteiger partial charge in [-0.2, -0.15) is 0 Å². The smallest absolute Gasteiger partial charge is 0.0493 e. The van der Waals surface area contributed by atoms with Crippen LogP contribution in [-0.2, 0) is 4.74 Å². The van der Waals surface area contributed by atoms with Gasteiger partial charge in [-0.3, -0.25) is 0 Å². The van der Waals surface area contributed by atoms with Crippen LogP contribution in [-0.4, -0.2) is 13.7 Å². The Hall–Kier alpha value is -0.300. The molecule has 1 nitrogen and oxygen atoms in total. The van der Waals surface area contributed by atoms with Gasteiger partial charge in [0, 0.05) is 13.7 Å². The first-order valence-electron chi connectivity index (χ1n) is 3.97. The molecule has 0 spiro atoms. The third-order valence-corrected chi connectivity index (χ3v) is 2.08. The van der Waals surface area contributed by atoms with Crippen molar-refractivity contribution in [3.8, 4) is 0 Å². The molecule has 1 unspecified atom stereocenters. The lowest BCUT2D eigenvalue weighted by atomic mass is 9.90. The number of hydrogen-bond donors (Lipinski definition) is 0. The average Bonchev–Trinajstić information content (AvgIpc) is 1.88. The molecule has 0 saturated heterocycles. The zero-order chi connectivity index (χ0) is 7.40. The van der Waals surface area contributed by atoms with Gasteiger partial charge in [0.15, 0.2) is 0 Å². The Morgan fingerprint density at radius 2 is 2.50 bits per heavy atom. The zero-order valence-electron chi connectivity index (χ0n) is 6.89. The van der Waals surface area contributed by atoms with Gasteiger partial charge in [0.25, 0.3) is 0 Å². The summed E-state index contributed by atoms with van der Waals surface area (Å²) in [5.41, 5.74) is 1.54. The average molecular weight is 140 g/mol. The molecular weight excluding hydrogens is 124 g/mol. The summed E-state index contributed by atoms with van der Waals surface area (Å²) in [5, 5.41) is 0. The molecule has 0 heterocycles. The van der Waals surface area contributed by atoms with Crippen LogP contribution in [0.3, 0.4) is 0 Å². The van der Waals surface area contributed by atoms with E-state index in [0.717, 1.165) is 12.5 Å². The minimum Gasteiger partial charge on any atom is -0.384 e. The van der Waals surface area contributed by atoms with Crippen LogP contribution in [0, 0.1) is 5.92 Å². The fourth-order valence-electron chi connectivity index (χ4n) is 1.58. The lowest BCUT2D eigenvalue weighted by Gasteiger charge is -2.19. The van der Waals surface area contributed by atoms with E-state index >= 15 is 0 Å². The van der Waals surface area contributed by atoms with Gasteiger partial charge in [-0.25, -0.2) is 0 Å². The number of hydrogen-bond acceptors (Lipinski definition) is 1. The van der Waals surface area contributed by atoms with E-state index in [1.807, 2.05) is 0 Å². The highest BCUT2D eigenvalue weighted by Crippen LogP contribution is 2.23. The monoisotopic (exact) mass is 140 g/mol. The van der Waals surface area contributed by atoms with E-state index < -0.39 is 0 Å². The molecule has 10 heavy (non-hydrogen) atoms. The molecule has 0 radical (unpaired) electrons. The SMILES string of the molecule is COCC1CCC=C(C)C1. The van der Waals surface area contributed by atoms with E-state index in [1.165, 1.54) is 24.8 Å². The van der Waals surface area contributed by atoms with Gasteiger partial charge in [-0.15, -0.1) is 0 Å². The molecule has 1 atom stereocenters. The second kappa shape index (κ2) is 3.77. The predicted octanol–water partition coefficient (Wildman–Crippen LogP) is 2.38. The van der Waals surface area contributed by atoms with Crippen LogP contribution in [0.4, 0.5) is 0 Å². The second-order valence-electron chi connectivity index (χ2n) is 3.15. The van der Waals surface area contributed by atoms with E-state index in [9.17, 15) is 0 Å². The van der Waals surface area contributed by atoms with Crippen molar-refractivity contribution < 1.29 is 4.74 Å². The van der Waals surface area contributed by atoms with E-state index in [4.69, 9.17) is 4.74 Å². The summed E-state index contributed by atoms with van der Waals surface area (Å²) >= 11 is 0. The normalized spacial score (nSPS) is 26.2. The van der Waals surface area contributed by atoms with Crippen molar-refractivity contribution in [1.82, 2.24) is 0 Å². The summed E-state index contributed by atoms with van der Waals surface area (Å²) in [6.07, 6.45) is 6.14. The molecule has 1 aliphatic carbocycles. The number of methoxy groups -OCH3 is 1. The standard InChI is InChI=1S/C9H16O/c1-8-4-3-5-9(6-8)7-10-2/h4,9H,3,5-7H2,1-2H3. The Bertz CT molecular complexity index is 127. The molecule has 0 aliphatic heterocycles. The number of rotatable bonds is 2. The Labute approximate surface area is 63.1 Å². The van der Waals surface area contributed by atoms with Gasteiger partial charge in [0.1, 0.15) is 0 Å². The Morgan fingerprint density at radius 3 is 3.10 bits per heavy atom. The minimum atomic E-state index is 0.787. The summed E-state index contributed by atoms with van der Waals surface area (Å²) in [7, 11) is 1.79. The van der Waals surface area contributed by atoms with Crippen LogP contribution < -0.4 is 0 Å². The highest BCUT2D eigenvalue weighted by molar-refractivity contribution is 5.03. The first kappa shape index (κ1) is 7.80. The molecule has 1 rings (SSSR count). The molecule has 0 N–H and O–H groups in total. The third kappa shape index (κ3) is 2.14. The minimum absolute atomic E-state index is 0.787. The van der Waals surface area contributed by atoms with E-state index in [0.29, 0.717) is 0 Å². The highest BCUT2D eigenvalue weighted by Gasteiger charge is 2.11. The summed E-state index contributed by atoms with van der Waals surface area (Å²) in [5.74, 6) is 0.787. The largest absolute Gasteiger partial charge is 0.384 e. The van der Waals surface area contributed by atoms with E-state index in [-0.39, 0.29) is 0 Å². The van der Waals surface area contributed by atoms with Gasteiger partial charge in [0.05, 0.1) is 0 Å². The number of allylic oxidation sites excluding steroid dienone is 2. The van der Waals surface area contributed by atoms with Gasteiger partial charge in [-0.1, -0.05) is 11.6 Å². The topological polar surface area (TPSA) is 9.23 Å². The first-order valence-corrected chi connectivity index (χ1v) is 3.97. The van der Waals surface area contributed by atoms with Crippen molar-refractivity contribution in [2.24, 2.45) is 5.92 Å². The van der Waals surface area contributed by atoms with Gasteiger partial charge in [0.2, 0.25) is 0 Å². The summed E-state index contributed by atoms with van der Waals surface area (Å²) < 4.78 is 5.10. The maximum Gasteiger partial charge on any atom is 0.0493 e. The lowest BCUT2D eigenvalue weighted by Crippen LogP contribution is -2.11. The van der Waals surface area contributed by atoms with E-state index in [2.05, 4.69) is 13.0 Å². The second-order valence-corrected chi connectivity index (χ2v) is 3.15. The van der Waals surface area contributed by atoms with Crippen LogP contribution in [0.5, 0.6) is 0 Å². The maximum atomic E-state index is 5.10. The van der Waals surface area contributed by atoms with Crippen molar-refractivity contribution in [3.63, 3.8) is 0 Å². The first-order chi connectivity index (χ1) is 4.83. The molecule has 0 saturated carbocycles. The Morgan fingerprint density at radius 1 is 1.70 bits per heavy atom. The summed E-state index contributed by atoms with van der Waals surface area (Å²) in [6.45, 7) is 3.15. The van der Waals surface area contributed by atoms with Gasteiger partial charge < -0.3 is 4.74 Å². The molecule has 0 aromatic carbocycles. The third-order valence-electron chi connectivity index (χ3n) is 2.08. The van der Waals surface area contributed by atoms with Crippen molar-refractivity contribution >= 4 is 0 Å². The summed E-state index contributed by atoms with van der Waals surface area (Å²) in [4.78, 5) is 0. The van der Waals surface area contributed by atoms with Crippen LogP contribution in [0.25, 0.3) is 0 Å². The van der Waals surface area contributed by atoms with Crippen molar-refractivity contribution in [2.75, 3.05) is 13.7 Å². The lowest BCUT2D eigenvalue weighted by molar-refractivity contribution is 0.146. The molecular formula is C9H16O. The molecule has 1 aliphatic rings. The maximum absolute atomic E-state index is 5.10. The van der Waals surface area contributed by atoms with Crippen molar-refractivity contribution in [3.05, 3.63) is 11.6 Å². The predicted molar refractivity (Wildman–Crippen MR) is 43.0 cm³/mol. The van der Waals surface area contributed by atoms with Crippen LogP contribution in [0.1, 0.15) is 26.2 Å². The number of ether oxygens (including phenoxy) is 1. The highest BCUT2D eigenvalue weighted by atomic mass is 16.5. The zero-order valence-corrected chi connectivity index (χ0v) is 6.89. The molecule has 0 fully saturated rings. The fourth-order valence-corrected chi connectivity index (χ4v) is 1.58. The molecule has 0 aromatic heterocycles. The fraction of sp³-hybridized carbons (Fsp3) is 0.778. The van der Waals surface area contributed by atoms with Crippen molar-refractivity contribution in [2.45, 2.75) is 26.2 Å². The van der Waals surface area contributed by atoms with Gasteiger partial charge >= 0.3 is 0 Å². The van der Waals surface area contributed by atoms with Crippen LogP contribution in [0.15, 0.2) is 11.6 Å². The molecule has 0 bridgehead atoms. The van der Waals surface area contributed by atoms with Crippen LogP contribution in [0.2, 0.25) is 0 Å². The van der Waals surface area contributed by atoms with Gasteiger partial charge in [-0.05, 0) is 32.1 Å². The molecule has 58 valence electrons. The molecule has 1 heteroatoms. The quantitative estimate of drug-likeness (QED) is 0.535. The Balaban J connectivity index is 2.30. The summed E-state index contributed by atoms with van der Waals surface area (Å²) in [6, 6.07) is 0. The molecule has 0 amide bonds. The Kier molecular flexibility index (Phi) is 2.94. The van der Waals surface area contributed by atoms with Crippen LogP contribution >= 0.6 is 0 Å².